The highest BCUT2D eigenvalue weighted by Crippen LogP contribution is 1.72. The average molecular weight is 113 g/mol. The van der Waals surface area contributed by atoms with E-state index in [0.29, 0.717) is 0 Å². The summed E-state index contributed by atoms with van der Waals surface area (Å²) in [4.78, 5) is 6.76. The Kier molecular flexibility index (Phi) is 5.28. The van der Waals surface area contributed by atoms with Gasteiger partial charge in [0.2, 0.25) is 0 Å². The number of thiol groups is 1. The lowest BCUT2D eigenvalue weighted by atomic mass is 13.2. The van der Waals surface area contributed by atoms with Crippen LogP contribution in [0.1, 0.15) is 0 Å². The molecule has 0 aliphatic heterocycles. The number of hydrogen-bond donors (Lipinski definition) is 3. The molecular weight excluding hydrogens is 110 g/mol. The van der Waals surface area contributed by atoms with Gasteiger partial charge in [-0.15, -0.1) is 14.3 Å². The van der Waals surface area contributed by atoms with Crippen molar-refractivity contribution in [2.75, 3.05) is 0 Å². The van der Waals surface area contributed by atoms with Gasteiger partial charge in [-0.05, 0) is 5.64 Å². The monoisotopic (exact) mass is 113 g/mol. The Balaban J connectivity index is 2.34. The van der Waals surface area contributed by atoms with Gasteiger partial charge in [0.15, 0.2) is 0 Å². The van der Waals surface area contributed by atoms with E-state index in [-0.39, 0.29) is 0 Å². The minimum Gasteiger partial charge on any atom is -0.231 e. The summed E-state index contributed by atoms with van der Waals surface area (Å²) in [6.45, 7) is 0. The Morgan fingerprint density at radius 3 is 2.50 bits per heavy atom. The van der Waals surface area contributed by atoms with Crippen molar-refractivity contribution in [2.24, 2.45) is 0 Å². The maximum Gasteiger partial charge on any atom is 0.0170 e. The predicted octanol–water partition coefficient (Wildman–Crippen LogP) is -0.311. The second kappa shape index (κ2) is 5.15. The van der Waals surface area contributed by atoms with Crippen LogP contribution in [0.4, 0.5) is 0 Å². The van der Waals surface area contributed by atoms with Gasteiger partial charge >= 0.3 is 0 Å². The van der Waals surface area contributed by atoms with Crippen LogP contribution in [0.2, 0.25) is 0 Å². The van der Waals surface area contributed by atoms with Gasteiger partial charge in [0.05, 0.1) is 0 Å². The van der Waals surface area contributed by atoms with E-state index in [2.05, 4.69) is 27.2 Å². The molecular formula is H3NO4S. The summed E-state index contributed by atoms with van der Waals surface area (Å²) in [5.74, 6) is 0. The van der Waals surface area contributed by atoms with Gasteiger partial charge in [-0.3, -0.25) is 0 Å². The molecule has 6 heteroatoms. The third-order valence-electron chi connectivity index (χ3n) is 0.109. The van der Waals surface area contributed by atoms with E-state index < -0.39 is 0 Å². The summed E-state index contributed by atoms with van der Waals surface area (Å²) in [6.07, 6.45) is 0. The molecule has 0 unspecified atom stereocenters. The van der Waals surface area contributed by atoms with Crippen LogP contribution in [0.25, 0.3) is 0 Å². The lowest BCUT2D eigenvalue weighted by molar-refractivity contribution is -0.437. The summed E-state index contributed by atoms with van der Waals surface area (Å²) < 4.78 is 3.58. The Morgan fingerprint density at radius 2 is 2.33 bits per heavy atom. The van der Waals surface area contributed by atoms with Gasteiger partial charge in [-0.2, -0.15) is 0 Å². The SMILES string of the molecule is OONOOS. The van der Waals surface area contributed by atoms with Crippen LogP contribution in [-0.4, -0.2) is 5.26 Å². The van der Waals surface area contributed by atoms with Crippen LogP contribution in [0, 0.1) is 0 Å². The van der Waals surface area contributed by atoms with E-state index in [1.807, 2.05) is 0 Å². The van der Waals surface area contributed by atoms with E-state index in [4.69, 9.17) is 5.26 Å². The molecule has 0 fully saturated rings. The molecule has 0 saturated heterocycles. The predicted molar refractivity (Wildman–Crippen MR) is 18.0 cm³/mol. The first-order valence-corrected chi connectivity index (χ1v) is 1.31. The second-order valence-electron chi connectivity index (χ2n) is 0.332. The van der Waals surface area contributed by atoms with E-state index in [0.717, 1.165) is 0 Å². The van der Waals surface area contributed by atoms with Crippen molar-refractivity contribution >= 4 is 12.9 Å². The number of nitrogens with one attached hydrogen (secondary N) is 1. The molecule has 0 aliphatic rings. The average Bonchev–Trinajstić information content (AvgIpc) is 1.61. The quantitative estimate of drug-likeness (QED) is 0.154. The van der Waals surface area contributed by atoms with Crippen LogP contribution in [0.3, 0.4) is 0 Å². The number of hydrogen-bond acceptors (Lipinski definition) is 6. The lowest BCUT2D eigenvalue weighted by Gasteiger charge is -1.89. The zero-order valence-electron chi connectivity index (χ0n) is 2.62. The Hall–Kier alpha value is 0.150. The largest absolute Gasteiger partial charge is 0.231 e. The first-order chi connectivity index (χ1) is 2.91. The van der Waals surface area contributed by atoms with Crippen LogP contribution in [-0.2, 0) is 14.3 Å². The molecule has 0 spiro atoms. The van der Waals surface area contributed by atoms with E-state index in [9.17, 15) is 0 Å². The fraction of sp³-hybridized carbons (Fsp3) is 0. The Labute approximate surface area is 39.2 Å². The maximum atomic E-state index is 7.35. The van der Waals surface area contributed by atoms with Crippen molar-refractivity contribution in [3.05, 3.63) is 0 Å². The highest BCUT2D eigenvalue weighted by Gasteiger charge is 1.72. The molecule has 0 amide bonds. The molecule has 6 heavy (non-hydrogen) atoms. The topological polar surface area (TPSA) is 60.0 Å². The highest BCUT2D eigenvalue weighted by atomic mass is 32.1. The fourth-order valence-electron chi connectivity index (χ4n) is 0.0304. The molecule has 0 aliphatic carbocycles. The molecule has 2 N–H and O–H groups in total. The van der Waals surface area contributed by atoms with Crippen LogP contribution >= 0.6 is 12.9 Å². The maximum absolute atomic E-state index is 7.35. The third-order valence-corrected chi connectivity index (χ3v) is 0.183. The van der Waals surface area contributed by atoms with Crippen molar-refractivity contribution in [1.82, 2.24) is 5.64 Å². The molecule has 0 aromatic carbocycles. The van der Waals surface area contributed by atoms with E-state index in [1.54, 1.807) is 0 Å². The van der Waals surface area contributed by atoms with Crippen molar-refractivity contribution in [2.45, 2.75) is 0 Å². The molecule has 0 atom stereocenters. The highest BCUT2D eigenvalue weighted by molar-refractivity contribution is 7.74. The summed E-state index contributed by atoms with van der Waals surface area (Å²) in [7, 11) is 0. The standard InChI is InChI=1S/H3NO4S/c2-3-1-4-5-6/h1-2,6H. The van der Waals surface area contributed by atoms with Crippen molar-refractivity contribution in [3.63, 3.8) is 0 Å². The Bertz CT molecular complexity index is 19.5. The summed E-state index contributed by atoms with van der Waals surface area (Å²) in [6, 6.07) is 0. The second-order valence-corrected chi connectivity index (χ2v) is 0.482. The van der Waals surface area contributed by atoms with Gasteiger partial charge < -0.3 is 0 Å². The van der Waals surface area contributed by atoms with Gasteiger partial charge in [0, 0.05) is 12.9 Å². The molecule has 38 valence electrons. The first-order valence-electron chi connectivity index (χ1n) is 0.940. The van der Waals surface area contributed by atoms with Crippen LogP contribution < -0.4 is 5.64 Å². The van der Waals surface area contributed by atoms with E-state index in [1.165, 1.54) is 5.64 Å². The van der Waals surface area contributed by atoms with Crippen LogP contribution in [0.15, 0.2) is 0 Å². The zero-order valence-corrected chi connectivity index (χ0v) is 3.51. The van der Waals surface area contributed by atoms with Crippen molar-refractivity contribution in [3.8, 4) is 0 Å². The van der Waals surface area contributed by atoms with Gasteiger partial charge in [-0.1, -0.05) is 0 Å². The normalized spacial score (nSPS) is 9.00. The van der Waals surface area contributed by atoms with Crippen LogP contribution in [0.5, 0.6) is 0 Å². The molecule has 0 radical (unpaired) electrons. The van der Waals surface area contributed by atoms with E-state index >= 15 is 0 Å². The molecule has 0 saturated carbocycles. The minimum atomic E-state index is 1.45. The Morgan fingerprint density at radius 1 is 1.67 bits per heavy atom. The third kappa shape index (κ3) is 4.15. The van der Waals surface area contributed by atoms with Crippen molar-refractivity contribution < 1.29 is 19.6 Å². The smallest absolute Gasteiger partial charge is 0.0170 e. The van der Waals surface area contributed by atoms with Gasteiger partial charge in [0.1, 0.15) is 0 Å². The summed E-state index contributed by atoms with van der Waals surface area (Å²) in [5, 5.41) is 7.35. The minimum absolute atomic E-state index is 1.45. The lowest BCUT2D eigenvalue weighted by Crippen LogP contribution is -2.09. The molecule has 0 rings (SSSR count). The zero-order chi connectivity index (χ0) is 4.83. The fourth-order valence-corrected chi connectivity index (χ4v) is 0.0609. The molecule has 0 aromatic rings. The van der Waals surface area contributed by atoms with Gasteiger partial charge in [-0.25, -0.2) is 5.26 Å². The summed E-state index contributed by atoms with van der Waals surface area (Å²) in [5.41, 5.74) is 1.45. The summed E-state index contributed by atoms with van der Waals surface area (Å²) >= 11 is 3.08. The van der Waals surface area contributed by atoms with Crippen molar-refractivity contribution in [1.29, 1.82) is 0 Å². The molecule has 0 aromatic heterocycles. The number of rotatable bonds is 3. The molecule has 5 nitrogen and oxygen atoms in total. The van der Waals surface area contributed by atoms with Gasteiger partial charge in [0.25, 0.3) is 0 Å². The first kappa shape index (κ1) is 6.15. The molecule has 0 heterocycles. The molecule has 0 bridgehead atoms.